The van der Waals surface area contributed by atoms with Crippen LogP contribution in [-0.2, 0) is 26.5 Å². The van der Waals surface area contributed by atoms with E-state index in [0.717, 1.165) is 24.3 Å². The Labute approximate surface area is 148 Å². The zero-order valence-corrected chi connectivity index (χ0v) is 14.7. The van der Waals surface area contributed by atoms with Crippen molar-refractivity contribution >= 4 is 38.0 Å². The number of anilines is 1. The molecule has 2 aromatic carbocycles. The summed E-state index contributed by atoms with van der Waals surface area (Å²) in [6, 6.07) is 9.00. The standard InChI is InChI=1S/C14H11ClF3NO4S2/c15-11-7-6-10(9-24(20)21)13(8-11)19(14(16,17)18)25(22,23)12-4-2-1-3-5-12/h1-8,24H,9H2. The van der Waals surface area contributed by atoms with Gasteiger partial charge in [-0.15, -0.1) is 13.2 Å². The maximum atomic E-state index is 13.6. The lowest BCUT2D eigenvalue weighted by molar-refractivity contribution is -0.115. The van der Waals surface area contributed by atoms with E-state index in [1.165, 1.54) is 24.3 Å². The van der Waals surface area contributed by atoms with Gasteiger partial charge in [0.2, 0.25) is 0 Å². The van der Waals surface area contributed by atoms with E-state index >= 15 is 0 Å². The third kappa shape index (κ3) is 4.44. The summed E-state index contributed by atoms with van der Waals surface area (Å²) < 4.78 is 87.0. The maximum Gasteiger partial charge on any atom is 0.498 e. The number of halogens is 4. The van der Waals surface area contributed by atoms with Crippen molar-refractivity contribution in [2.45, 2.75) is 16.9 Å². The molecule has 0 atom stereocenters. The fourth-order valence-electron chi connectivity index (χ4n) is 2.10. The predicted octanol–water partition coefficient (Wildman–Crippen LogP) is 3.17. The number of alkyl halides is 3. The van der Waals surface area contributed by atoms with E-state index in [1.807, 2.05) is 0 Å². The minimum absolute atomic E-state index is 0.169. The number of nitrogens with zero attached hydrogens (tertiary/aromatic N) is 1. The second-order valence-corrected chi connectivity index (χ2v) is 8.02. The molecule has 0 N–H and O–H groups in total. The molecule has 2 aromatic rings. The van der Waals surface area contributed by atoms with Crippen molar-refractivity contribution in [1.29, 1.82) is 0 Å². The lowest BCUT2D eigenvalue weighted by Crippen LogP contribution is -2.43. The van der Waals surface area contributed by atoms with Gasteiger partial charge in [-0.2, -0.15) is 4.31 Å². The fraction of sp³-hybridized carbons (Fsp3) is 0.143. The number of benzene rings is 2. The van der Waals surface area contributed by atoms with Gasteiger partial charge in [0.25, 0.3) is 10.0 Å². The highest BCUT2D eigenvalue weighted by molar-refractivity contribution is 7.92. The van der Waals surface area contributed by atoms with E-state index in [4.69, 9.17) is 11.6 Å². The molecule has 2 rings (SSSR count). The van der Waals surface area contributed by atoms with Gasteiger partial charge in [-0.05, 0) is 29.8 Å². The summed E-state index contributed by atoms with van der Waals surface area (Å²) in [6.45, 7) is 0. The minimum atomic E-state index is -5.33. The van der Waals surface area contributed by atoms with Crippen molar-refractivity contribution in [1.82, 2.24) is 0 Å². The Hall–Kier alpha value is -1.78. The molecule has 0 aliphatic carbocycles. The van der Waals surface area contributed by atoms with Crippen LogP contribution in [0.4, 0.5) is 18.9 Å². The Morgan fingerprint density at radius 2 is 1.64 bits per heavy atom. The van der Waals surface area contributed by atoms with Crippen LogP contribution in [0.1, 0.15) is 5.56 Å². The molecule has 11 heteroatoms. The molecule has 0 aromatic heterocycles. The van der Waals surface area contributed by atoms with Gasteiger partial charge in [0.1, 0.15) is 10.7 Å². The van der Waals surface area contributed by atoms with Crippen LogP contribution in [0, 0.1) is 0 Å². The van der Waals surface area contributed by atoms with Crippen LogP contribution < -0.4 is 4.31 Å². The quantitative estimate of drug-likeness (QED) is 0.603. The van der Waals surface area contributed by atoms with Crippen molar-refractivity contribution in [2.75, 3.05) is 4.31 Å². The average molecular weight is 414 g/mol. The van der Waals surface area contributed by atoms with Crippen molar-refractivity contribution in [3.63, 3.8) is 0 Å². The van der Waals surface area contributed by atoms with Crippen molar-refractivity contribution in [3.05, 3.63) is 59.1 Å². The summed E-state index contributed by atoms with van der Waals surface area (Å²) in [7, 11) is -8.12. The van der Waals surface area contributed by atoms with Gasteiger partial charge in [0.05, 0.1) is 16.3 Å². The second kappa shape index (κ2) is 7.22. The lowest BCUT2D eigenvalue weighted by atomic mass is 10.2. The van der Waals surface area contributed by atoms with Crippen LogP contribution in [0.15, 0.2) is 53.4 Å². The number of hydrogen-bond acceptors (Lipinski definition) is 4. The summed E-state index contributed by atoms with van der Waals surface area (Å²) >= 11 is 5.70. The van der Waals surface area contributed by atoms with Crippen LogP contribution in [0.3, 0.4) is 0 Å². The molecular formula is C14H11ClF3NO4S2. The monoisotopic (exact) mass is 413 g/mol. The molecule has 136 valence electrons. The number of thiol groups is 1. The molecule has 0 radical (unpaired) electrons. The molecule has 0 bridgehead atoms. The molecule has 0 saturated carbocycles. The first-order valence-electron chi connectivity index (χ1n) is 6.61. The first kappa shape index (κ1) is 19.5. The first-order valence-corrected chi connectivity index (χ1v) is 9.79. The van der Waals surface area contributed by atoms with Crippen LogP contribution >= 0.6 is 11.6 Å². The summed E-state index contributed by atoms with van der Waals surface area (Å²) in [5.41, 5.74) is -1.19. The molecule has 0 heterocycles. The van der Waals surface area contributed by atoms with E-state index in [0.29, 0.717) is 0 Å². The molecule has 0 amide bonds. The van der Waals surface area contributed by atoms with E-state index in [2.05, 4.69) is 0 Å². The molecule has 0 aliphatic rings. The van der Waals surface area contributed by atoms with Crippen LogP contribution in [0.2, 0.25) is 5.02 Å². The Morgan fingerprint density at radius 3 is 2.16 bits per heavy atom. The van der Waals surface area contributed by atoms with Gasteiger partial charge in [0.15, 0.2) is 0 Å². The third-order valence-electron chi connectivity index (χ3n) is 3.08. The molecular weight excluding hydrogens is 403 g/mol. The highest BCUT2D eigenvalue weighted by atomic mass is 35.5. The zero-order valence-electron chi connectivity index (χ0n) is 12.3. The van der Waals surface area contributed by atoms with E-state index in [1.54, 1.807) is 0 Å². The average Bonchev–Trinajstić information content (AvgIpc) is 2.49. The molecule has 25 heavy (non-hydrogen) atoms. The normalized spacial score (nSPS) is 12.4. The van der Waals surface area contributed by atoms with E-state index < -0.39 is 47.7 Å². The molecule has 5 nitrogen and oxygen atoms in total. The van der Waals surface area contributed by atoms with Crippen LogP contribution in [0.25, 0.3) is 0 Å². The minimum Gasteiger partial charge on any atom is -0.232 e. The Morgan fingerprint density at radius 1 is 1.04 bits per heavy atom. The van der Waals surface area contributed by atoms with Crippen molar-refractivity contribution in [2.24, 2.45) is 0 Å². The van der Waals surface area contributed by atoms with E-state index in [-0.39, 0.29) is 10.6 Å². The smallest absolute Gasteiger partial charge is 0.232 e. The topological polar surface area (TPSA) is 71.5 Å². The highest BCUT2D eigenvalue weighted by Gasteiger charge is 2.47. The SMILES string of the molecule is O=[SH](=O)Cc1ccc(Cl)cc1N(C(F)(F)F)S(=O)(=O)c1ccccc1. The van der Waals surface area contributed by atoms with Crippen molar-refractivity contribution < 1.29 is 30.0 Å². The molecule has 0 fully saturated rings. The van der Waals surface area contributed by atoms with Gasteiger partial charge in [0, 0.05) is 5.02 Å². The Kier molecular flexibility index (Phi) is 5.65. The van der Waals surface area contributed by atoms with Crippen LogP contribution in [0.5, 0.6) is 0 Å². The summed E-state index contributed by atoms with van der Waals surface area (Å²) in [6.07, 6.45) is -5.33. The molecule has 0 spiro atoms. The Bertz CT molecular complexity index is 936. The first-order chi connectivity index (χ1) is 11.5. The van der Waals surface area contributed by atoms with Gasteiger partial charge in [-0.25, -0.2) is 16.8 Å². The number of sulfonamides is 1. The fourth-order valence-corrected chi connectivity index (χ4v) is 4.22. The van der Waals surface area contributed by atoms with Gasteiger partial charge >= 0.3 is 6.30 Å². The summed E-state index contributed by atoms with van der Waals surface area (Å²) in [4.78, 5) is -0.593. The van der Waals surface area contributed by atoms with E-state index in [9.17, 15) is 30.0 Å². The third-order valence-corrected chi connectivity index (χ3v) is 5.66. The van der Waals surface area contributed by atoms with Crippen molar-refractivity contribution in [3.8, 4) is 0 Å². The molecule has 0 saturated heterocycles. The van der Waals surface area contributed by atoms with Crippen LogP contribution in [-0.4, -0.2) is 23.1 Å². The molecule has 0 aliphatic heterocycles. The van der Waals surface area contributed by atoms with Gasteiger partial charge in [-0.3, -0.25) is 0 Å². The summed E-state index contributed by atoms with van der Waals surface area (Å²) in [5.74, 6) is -0.765. The van der Waals surface area contributed by atoms with Gasteiger partial charge in [-0.1, -0.05) is 35.9 Å². The predicted molar refractivity (Wildman–Crippen MR) is 87.6 cm³/mol. The summed E-state index contributed by atoms with van der Waals surface area (Å²) in [5, 5.41) is -0.169. The lowest BCUT2D eigenvalue weighted by Gasteiger charge is -2.28. The van der Waals surface area contributed by atoms with Gasteiger partial charge < -0.3 is 0 Å². The molecule has 0 unspecified atom stereocenters. The number of rotatable bonds is 5. The Balaban J connectivity index is 2.75. The maximum absolute atomic E-state index is 13.6. The largest absolute Gasteiger partial charge is 0.498 e. The highest BCUT2D eigenvalue weighted by Crippen LogP contribution is 2.38. The second-order valence-electron chi connectivity index (χ2n) is 4.81. The zero-order chi connectivity index (χ0) is 18.8. The number of hydrogen-bond donors (Lipinski definition) is 1.